The molecule has 0 aliphatic carbocycles. The third-order valence-electron chi connectivity index (χ3n) is 1.16. The van der Waals surface area contributed by atoms with Crippen molar-refractivity contribution in [2.75, 3.05) is 13.2 Å². The first-order valence-electron chi connectivity index (χ1n) is 4.51. The molecule has 0 heterocycles. The standard InChI is InChI=1S/C8H14O3.C2H6/c1-6(2)8(10)11-5-7(3)4-9;1-2/h7,9H,1,4-5H2,2-3H3;1-2H3. The molecule has 0 aromatic carbocycles. The van der Waals surface area contributed by atoms with Crippen molar-refractivity contribution in [2.45, 2.75) is 27.7 Å². The number of carbonyl (C=O) groups excluding carboxylic acids is 1. The molecule has 13 heavy (non-hydrogen) atoms. The van der Waals surface area contributed by atoms with E-state index in [-0.39, 0.29) is 19.1 Å². The van der Waals surface area contributed by atoms with Gasteiger partial charge in [-0.2, -0.15) is 0 Å². The molecule has 1 unspecified atom stereocenters. The van der Waals surface area contributed by atoms with Gasteiger partial charge in [0.05, 0.1) is 6.61 Å². The van der Waals surface area contributed by atoms with Crippen LogP contribution < -0.4 is 0 Å². The van der Waals surface area contributed by atoms with Crippen molar-refractivity contribution in [1.82, 2.24) is 0 Å². The zero-order valence-electron chi connectivity index (χ0n) is 8.96. The van der Waals surface area contributed by atoms with Gasteiger partial charge in [-0.25, -0.2) is 4.79 Å². The van der Waals surface area contributed by atoms with Crippen LogP contribution in [0.15, 0.2) is 12.2 Å². The highest BCUT2D eigenvalue weighted by Crippen LogP contribution is 1.97. The van der Waals surface area contributed by atoms with Crippen LogP contribution in [0.1, 0.15) is 27.7 Å². The minimum Gasteiger partial charge on any atom is -0.462 e. The second-order valence-corrected chi connectivity index (χ2v) is 2.67. The van der Waals surface area contributed by atoms with Crippen molar-refractivity contribution >= 4 is 5.97 Å². The molecule has 0 amide bonds. The summed E-state index contributed by atoms with van der Waals surface area (Å²) in [7, 11) is 0. The number of rotatable bonds is 4. The van der Waals surface area contributed by atoms with Gasteiger partial charge in [-0.05, 0) is 6.92 Å². The molecule has 0 spiro atoms. The van der Waals surface area contributed by atoms with Crippen LogP contribution in [-0.2, 0) is 9.53 Å². The molecule has 0 radical (unpaired) electrons. The largest absolute Gasteiger partial charge is 0.462 e. The lowest BCUT2D eigenvalue weighted by molar-refractivity contribution is -0.140. The predicted molar refractivity (Wildman–Crippen MR) is 53.4 cm³/mol. The minimum atomic E-state index is -0.398. The Morgan fingerprint density at radius 1 is 1.54 bits per heavy atom. The lowest BCUT2D eigenvalue weighted by Crippen LogP contribution is -2.14. The Hall–Kier alpha value is -0.830. The number of ether oxygens (including phenoxy) is 1. The van der Waals surface area contributed by atoms with Gasteiger partial charge in [-0.1, -0.05) is 27.4 Å². The molecule has 0 aromatic rings. The molecule has 0 saturated heterocycles. The summed E-state index contributed by atoms with van der Waals surface area (Å²) in [5.41, 5.74) is 0.384. The number of esters is 1. The fourth-order valence-corrected chi connectivity index (χ4v) is 0.394. The van der Waals surface area contributed by atoms with Gasteiger partial charge in [0.1, 0.15) is 0 Å². The summed E-state index contributed by atoms with van der Waals surface area (Å²) in [6, 6.07) is 0. The number of aliphatic hydroxyl groups excluding tert-OH is 1. The monoisotopic (exact) mass is 188 g/mol. The van der Waals surface area contributed by atoms with Crippen LogP contribution in [0.4, 0.5) is 0 Å². The molecule has 78 valence electrons. The van der Waals surface area contributed by atoms with E-state index in [2.05, 4.69) is 6.58 Å². The Balaban J connectivity index is 0. The van der Waals surface area contributed by atoms with E-state index in [1.54, 1.807) is 13.8 Å². The van der Waals surface area contributed by atoms with E-state index < -0.39 is 5.97 Å². The molecule has 3 nitrogen and oxygen atoms in total. The first-order chi connectivity index (χ1) is 6.07. The predicted octanol–water partition coefficient (Wildman–Crippen LogP) is 1.76. The fourth-order valence-electron chi connectivity index (χ4n) is 0.394. The second kappa shape index (κ2) is 9.26. The molecule has 0 aliphatic rings. The van der Waals surface area contributed by atoms with Crippen molar-refractivity contribution in [3.63, 3.8) is 0 Å². The highest BCUT2D eigenvalue weighted by Gasteiger charge is 2.05. The maximum atomic E-state index is 10.8. The summed E-state index contributed by atoms with van der Waals surface area (Å²) in [4.78, 5) is 10.8. The van der Waals surface area contributed by atoms with Gasteiger partial charge in [-0.3, -0.25) is 0 Å². The Labute approximate surface area is 80.4 Å². The van der Waals surface area contributed by atoms with Crippen LogP contribution in [-0.4, -0.2) is 24.3 Å². The minimum absolute atomic E-state index is 0.00157. The van der Waals surface area contributed by atoms with Gasteiger partial charge in [-0.15, -0.1) is 0 Å². The van der Waals surface area contributed by atoms with E-state index in [1.165, 1.54) is 0 Å². The smallest absolute Gasteiger partial charge is 0.333 e. The third kappa shape index (κ3) is 9.08. The van der Waals surface area contributed by atoms with Crippen LogP contribution in [0.25, 0.3) is 0 Å². The zero-order chi connectivity index (χ0) is 10.9. The topological polar surface area (TPSA) is 46.5 Å². The summed E-state index contributed by atoms with van der Waals surface area (Å²) in [5.74, 6) is -0.399. The second-order valence-electron chi connectivity index (χ2n) is 2.67. The van der Waals surface area contributed by atoms with Crippen LogP contribution in [0.3, 0.4) is 0 Å². The number of hydrogen-bond acceptors (Lipinski definition) is 3. The molecule has 0 aromatic heterocycles. The van der Waals surface area contributed by atoms with Crippen molar-refractivity contribution in [3.05, 3.63) is 12.2 Å². The van der Waals surface area contributed by atoms with Crippen molar-refractivity contribution in [3.8, 4) is 0 Å². The normalized spacial score (nSPS) is 10.8. The molecule has 0 rings (SSSR count). The summed E-state index contributed by atoms with van der Waals surface area (Å²) in [6.07, 6.45) is 0. The summed E-state index contributed by atoms with van der Waals surface area (Å²) >= 11 is 0. The Bertz CT molecular complexity index is 152. The van der Waals surface area contributed by atoms with E-state index in [9.17, 15) is 4.79 Å². The van der Waals surface area contributed by atoms with Gasteiger partial charge in [0.2, 0.25) is 0 Å². The fraction of sp³-hybridized carbons (Fsp3) is 0.700. The molecule has 0 fully saturated rings. The molecule has 0 bridgehead atoms. The molecule has 1 N–H and O–H groups in total. The Morgan fingerprint density at radius 2 is 2.00 bits per heavy atom. The van der Waals surface area contributed by atoms with E-state index >= 15 is 0 Å². The Morgan fingerprint density at radius 3 is 2.31 bits per heavy atom. The lowest BCUT2D eigenvalue weighted by Gasteiger charge is -2.08. The van der Waals surface area contributed by atoms with Gasteiger partial charge in [0.15, 0.2) is 0 Å². The lowest BCUT2D eigenvalue weighted by atomic mass is 10.2. The quantitative estimate of drug-likeness (QED) is 0.540. The number of carbonyl (C=O) groups is 1. The van der Waals surface area contributed by atoms with Crippen molar-refractivity contribution in [2.24, 2.45) is 5.92 Å². The van der Waals surface area contributed by atoms with Gasteiger partial charge in [0, 0.05) is 18.1 Å². The number of aliphatic hydroxyl groups is 1. The third-order valence-corrected chi connectivity index (χ3v) is 1.16. The van der Waals surface area contributed by atoms with Gasteiger partial charge < -0.3 is 9.84 Å². The number of hydrogen-bond donors (Lipinski definition) is 1. The molecular weight excluding hydrogens is 168 g/mol. The van der Waals surface area contributed by atoms with Gasteiger partial charge >= 0.3 is 5.97 Å². The Kier molecular flexibility index (Phi) is 10.5. The molecule has 0 saturated carbocycles. The van der Waals surface area contributed by atoms with Crippen LogP contribution in [0.5, 0.6) is 0 Å². The van der Waals surface area contributed by atoms with E-state index in [4.69, 9.17) is 9.84 Å². The highest BCUT2D eigenvalue weighted by atomic mass is 16.5. The average molecular weight is 188 g/mol. The van der Waals surface area contributed by atoms with E-state index in [1.807, 2.05) is 13.8 Å². The molecular formula is C10H20O3. The molecule has 3 heteroatoms. The molecule has 1 atom stereocenters. The summed E-state index contributed by atoms with van der Waals surface area (Å²) in [5, 5.41) is 8.57. The van der Waals surface area contributed by atoms with Crippen molar-refractivity contribution < 1.29 is 14.6 Å². The van der Waals surface area contributed by atoms with Gasteiger partial charge in [0.25, 0.3) is 0 Å². The zero-order valence-corrected chi connectivity index (χ0v) is 8.96. The van der Waals surface area contributed by atoms with Crippen LogP contribution in [0.2, 0.25) is 0 Å². The van der Waals surface area contributed by atoms with E-state index in [0.717, 1.165) is 0 Å². The summed E-state index contributed by atoms with van der Waals surface area (Å²) in [6.45, 7) is 11.1. The maximum Gasteiger partial charge on any atom is 0.333 e. The van der Waals surface area contributed by atoms with Crippen LogP contribution >= 0.6 is 0 Å². The molecule has 0 aliphatic heterocycles. The van der Waals surface area contributed by atoms with Crippen molar-refractivity contribution in [1.29, 1.82) is 0 Å². The van der Waals surface area contributed by atoms with Crippen LogP contribution in [0, 0.1) is 5.92 Å². The SMILES string of the molecule is C=C(C)C(=O)OCC(C)CO.CC. The highest BCUT2D eigenvalue weighted by molar-refractivity contribution is 5.86. The van der Waals surface area contributed by atoms with E-state index in [0.29, 0.717) is 5.57 Å². The average Bonchev–Trinajstić information content (AvgIpc) is 2.16. The first kappa shape index (κ1) is 14.7. The maximum absolute atomic E-state index is 10.8. The summed E-state index contributed by atoms with van der Waals surface area (Å²) < 4.78 is 4.76. The first-order valence-corrected chi connectivity index (χ1v) is 4.51.